The molecule has 1 aromatic heterocycles. The van der Waals surface area contributed by atoms with Crippen LogP contribution < -0.4 is 10.2 Å². The standard InChI is InChI=1S/C21H13BrFN3O3/c22-13-7-9-14(10-8-13)25-11-3-4-15(25)12-16-19(27)24-21(29)26(20(16)28)18-6-2-1-5-17(18)23/h1-12H,(H,24,27,29). The summed E-state index contributed by atoms with van der Waals surface area (Å²) in [7, 11) is 0. The maximum atomic E-state index is 14.2. The Hall–Kier alpha value is -3.52. The Morgan fingerprint density at radius 2 is 1.66 bits per heavy atom. The average molecular weight is 454 g/mol. The van der Waals surface area contributed by atoms with Crippen molar-refractivity contribution in [3.8, 4) is 5.69 Å². The van der Waals surface area contributed by atoms with E-state index >= 15 is 0 Å². The highest BCUT2D eigenvalue weighted by molar-refractivity contribution is 9.10. The molecule has 1 aliphatic heterocycles. The summed E-state index contributed by atoms with van der Waals surface area (Å²) in [5, 5.41) is 2.09. The minimum atomic E-state index is -0.995. The van der Waals surface area contributed by atoms with Gasteiger partial charge < -0.3 is 4.57 Å². The number of nitrogens with one attached hydrogen (secondary N) is 1. The Morgan fingerprint density at radius 3 is 2.38 bits per heavy atom. The summed E-state index contributed by atoms with van der Waals surface area (Å²) in [6.45, 7) is 0. The van der Waals surface area contributed by atoms with Gasteiger partial charge in [0.2, 0.25) is 0 Å². The van der Waals surface area contributed by atoms with Crippen LogP contribution in [0.5, 0.6) is 0 Å². The highest BCUT2D eigenvalue weighted by atomic mass is 79.9. The van der Waals surface area contributed by atoms with E-state index in [9.17, 15) is 18.8 Å². The van der Waals surface area contributed by atoms with Crippen LogP contribution in [0.4, 0.5) is 14.9 Å². The van der Waals surface area contributed by atoms with Crippen LogP contribution in [0.3, 0.4) is 0 Å². The number of halogens is 2. The molecule has 1 saturated heterocycles. The summed E-state index contributed by atoms with van der Waals surface area (Å²) >= 11 is 3.38. The second kappa shape index (κ2) is 7.48. The molecular formula is C21H13BrFN3O3. The molecule has 4 rings (SSSR count). The molecule has 0 spiro atoms. The number of amides is 4. The van der Waals surface area contributed by atoms with Crippen LogP contribution in [-0.4, -0.2) is 22.4 Å². The SMILES string of the molecule is O=C1NC(=O)N(c2ccccc2F)C(=O)C1=Cc1cccn1-c1ccc(Br)cc1. The largest absolute Gasteiger partial charge is 0.336 e. The van der Waals surface area contributed by atoms with Gasteiger partial charge in [-0.05, 0) is 54.6 Å². The van der Waals surface area contributed by atoms with Gasteiger partial charge in [-0.15, -0.1) is 0 Å². The molecule has 0 bridgehead atoms. The average Bonchev–Trinajstić information content (AvgIpc) is 3.15. The minimum absolute atomic E-state index is 0.225. The van der Waals surface area contributed by atoms with Crippen LogP contribution in [0.25, 0.3) is 11.8 Å². The minimum Gasteiger partial charge on any atom is -0.317 e. The van der Waals surface area contributed by atoms with Gasteiger partial charge in [0.1, 0.15) is 11.4 Å². The van der Waals surface area contributed by atoms with E-state index in [4.69, 9.17) is 0 Å². The third-order valence-electron chi connectivity index (χ3n) is 4.37. The van der Waals surface area contributed by atoms with Gasteiger partial charge in [0, 0.05) is 22.1 Å². The van der Waals surface area contributed by atoms with Gasteiger partial charge in [-0.1, -0.05) is 28.1 Å². The number of barbiturate groups is 1. The van der Waals surface area contributed by atoms with Crippen molar-refractivity contribution in [2.24, 2.45) is 0 Å². The maximum absolute atomic E-state index is 14.2. The predicted octanol–water partition coefficient (Wildman–Crippen LogP) is 4.05. The number of urea groups is 1. The lowest BCUT2D eigenvalue weighted by molar-refractivity contribution is -0.122. The Bertz CT molecular complexity index is 1170. The first kappa shape index (κ1) is 18.8. The van der Waals surface area contributed by atoms with Crippen LogP contribution >= 0.6 is 15.9 Å². The Morgan fingerprint density at radius 1 is 0.931 bits per heavy atom. The van der Waals surface area contributed by atoms with E-state index < -0.39 is 23.7 Å². The summed E-state index contributed by atoms with van der Waals surface area (Å²) in [6, 6.07) is 15.3. The zero-order valence-electron chi connectivity index (χ0n) is 14.8. The van der Waals surface area contributed by atoms with E-state index in [0.717, 1.165) is 16.2 Å². The molecule has 29 heavy (non-hydrogen) atoms. The fraction of sp³-hybridized carbons (Fsp3) is 0. The maximum Gasteiger partial charge on any atom is 0.336 e. The fourth-order valence-corrected chi connectivity index (χ4v) is 3.27. The topological polar surface area (TPSA) is 71.4 Å². The monoisotopic (exact) mass is 453 g/mol. The highest BCUT2D eigenvalue weighted by Gasteiger charge is 2.38. The van der Waals surface area contributed by atoms with E-state index in [-0.39, 0.29) is 11.3 Å². The van der Waals surface area contributed by atoms with Crippen LogP contribution in [0.1, 0.15) is 5.69 Å². The van der Waals surface area contributed by atoms with Crippen LogP contribution in [0.2, 0.25) is 0 Å². The van der Waals surface area contributed by atoms with Crippen molar-refractivity contribution in [1.29, 1.82) is 0 Å². The first-order valence-corrected chi connectivity index (χ1v) is 9.34. The molecule has 2 aromatic carbocycles. The number of para-hydroxylation sites is 1. The zero-order valence-corrected chi connectivity index (χ0v) is 16.4. The molecule has 1 aliphatic rings. The van der Waals surface area contributed by atoms with Gasteiger partial charge >= 0.3 is 6.03 Å². The number of hydrogen-bond donors (Lipinski definition) is 1. The van der Waals surface area contributed by atoms with E-state index in [1.165, 1.54) is 24.3 Å². The van der Waals surface area contributed by atoms with E-state index in [2.05, 4.69) is 21.2 Å². The summed E-state index contributed by atoms with van der Waals surface area (Å²) < 4.78 is 16.8. The molecule has 0 saturated carbocycles. The van der Waals surface area contributed by atoms with E-state index in [1.54, 1.807) is 22.9 Å². The molecule has 1 fully saturated rings. The van der Waals surface area contributed by atoms with E-state index in [1.807, 2.05) is 24.3 Å². The van der Waals surface area contributed by atoms with Crippen molar-refractivity contribution >= 4 is 45.5 Å². The Balaban J connectivity index is 1.76. The summed E-state index contributed by atoms with van der Waals surface area (Å²) in [5.41, 5.74) is 0.867. The van der Waals surface area contributed by atoms with Gasteiger partial charge in [0.15, 0.2) is 0 Å². The second-order valence-electron chi connectivity index (χ2n) is 6.19. The van der Waals surface area contributed by atoms with Crippen molar-refractivity contribution in [2.75, 3.05) is 4.90 Å². The van der Waals surface area contributed by atoms with Crippen LogP contribution in [-0.2, 0) is 9.59 Å². The molecule has 8 heteroatoms. The number of imide groups is 2. The van der Waals surface area contributed by atoms with E-state index in [0.29, 0.717) is 10.6 Å². The number of carbonyl (C=O) groups is 3. The lowest BCUT2D eigenvalue weighted by Crippen LogP contribution is -2.54. The lowest BCUT2D eigenvalue weighted by Gasteiger charge is -2.26. The number of hydrogen-bond acceptors (Lipinski definition) is 3. The third kappa shape index (κ3) is 3.50. The lowest BCUT2D eigenvalue weighted by atomic mass is 10.1. The second-order valence-corrected chi connectivity index (χ2v) is 7.10. The number of aromatic nitrogens is 1. The molecule has 2 heterocycles. The first-order valence-electron chi connectivity index (χ1n) is 8.55. The number of nitrogens with zero attached hydrogens (tertiary/aromatic N) is 2. The Kier molecular flexibility index (Phi) is 4.85. The van der Waals surface area contributed by atoms with Gasteiger partial charge in [-0.25, -0.2) is 14.1 Å². The van der Waals surface area contributed by atoms with Crippen molar-refractivity contribution in [3.63, 3.8) is 0 Å². The molecule has 0 radical (unpaired) electrons. The smallest absolute Gasteiger partial charge is 0.317 e. The first-order chi connectivity index (χ1) is 14.0. The van der Waals surface area contributed by atoms with Crippen molar-refractivity contribution in [3.05, 3.63) is 88.4 Å². The quantitative estimate of drug-likeness (QED) is 0.480. The van der Waals surface area contributed by atoms with Crippen molar-refractivity contribution in [2.45, 2.75) is 0 Å². The van der Waals surface area contributed by atoms with Gasteiger partial charge in [-0.3, -0.25) is 14.9 Å². The predicted molar refractivity (Wildman–Crippen MR) is 109 cm³/mol. The molecule has 6 nitrogen and oxygen atoms in total. The summed E-state index contributed by atoms with van der Waals surface area (Å²) in [5.74, 6) is -2.48. The van der Waals surface area contributed by atoms with Crippen LogP contribution in [0, 0.1) is 5.82 Å². The van der Waals surface area contributed by atoms with Gasteiger partial charge in [0.05, 0.1) is 5.69 Å². The van der Waals surface area contributed by atoms with Crippen LogP contribution in [0.15, 0.2) is 76.9 Å². The molecule has 4 amide bonds. The normalized spacial score (nSPS) is 15.7. The number of benzene rings is 2. The highest BCUT2D eigenvalue weighted by Crippen LogP contribution is 2.25. The number of anilines is 1. The zero-order chi connectivity index (χ0) is 20.5. The van der Waals surface area contributed by atoms with Crippen molar-refractivity contribution in [1.82, 2.24) is 9.88 Å². The number of rotatable bonds is 3. The van der Waals surface area contributed by atoms with Gasteiger partial charge in [0.25, 0.3) is 11.8 Å². The van der Waals surface area contributed by atoms with Gasteiger partial charge in [-0.2, -0.15) is 0 Å². The molecule has 0 aliphatic carbocycles. The molecular weight excluding hydrogens is 441 g/mol. The molecule has 1 N–H and O–H groups in total. The molecule has 0 atom stereocenters. The third-order valence-corrected chi connectivity index (χ3v) is 4.90. The molecule has 0 unspecified atom stereocenters. The summed E-state index contributed by atoms with van der Waals surface area (Å²) in [6.07, 6.45) is 3.15. The number of carbonyl (C=O) groups excluding carboxylic acids is 3. The summed E-state index contributed by atoms with van der Waals surface area (Å²) in [4.78, 5) is 38.1. The molecule has 144 valence electrons. The Labute approximate surface area is 173 Å². The van der Waals surface area contributed by atoms with Crippen molar-refractivity contribution < 1.29 is 18.8 Å². The fourth-order valence-electron chi connectivity index (χ4n) is 3.01. The molecule has 3 aromatic rings.